The number of carbonyl (C=O) groups excluding carboxylic acids is 1. The Morgan fingerprint density at radius 1 is 1.19 bits per heavy atom. The van der Waals surface area contributed by atoms with E-state index in [9.17, 15) is 13.2 Å². The molecule has 0 aliphatic carbocycles. The number of methoxy groups -OCH3 is 1. The molecule has 1 unspecified atom stereocenters. The Labute approximate surface area is 153 Å². The van der Waals surface area contributed by atoms with Crippen molar-refractivity contribution >= 4 is 21.6 Å². The van der Waals surface area contributed by atoms with Gasteiger partial charge in [0.25, 0.3) is 10.0 Å². The van der Waals surface area contributed by atoms with Crippen LogP contribution in [0.15, 0.2) is 53.4 Å². The summed E-state index contributed by atoms with van der Waals surface area (Å²) >= 11 is 0. The number of ether oxygens (including phenoxy) is 1. The van der Waals surface area contributed by atoms with Crippen LogP contribution in [0.2, 0.25) is 0 Å². The van der Waals surface area contributed by atoms with Crippen LogP contribution in [0.4, 0.5) is 5.69 Å². The Bertz CT molecular complexity index is 849. The molecular weight excluding hydrogens is 354 g/mol. The number of hydrogen-bond donors (Lipinski definition) is 3. The number of sulfonamides is 1. The smallest absolute Gasteiger partial charge is 0.261 e. The van der Waals surface area contributed by atoms with Gasteiger partial charge >= 0.3 is 0 Å². The van der Waals surface area contributed by atoms with E-state index in [0.29, 0.717) is 18.0 Å². The highest BCUT2D eigenvalue weighted by Crippen LogP contribution is 2.19. The predicted octanol–water partition coefficient (Wildman–Crippen LogP) is 1.85. The van der Waals surface area contributed by atoms with Gasteiger partial charge in [0.2, 0.25) is 5.91 Å². The maximum atomic E-state index is 12.5. The fraction of sp³-hybridized carbons (Fsp3) is 0.278. The molecular formula is C18H23N3O4S. The van der Waals surface area contributed by atoms with Gasteiger partial charge in [-0.1, -0.05) is 12.1 Å². The highest BCUT2D eigenvalue weighted by atomic mass is 32.2. The lowest BCUT2D eigenvalue weighted by atomic mass is 10.2. The zero-order valence-corrected chi connectivity index (χ0v) is 15.5. The van der Waals surface area contributed by atoms with Crippen LogP contribution in [-0.2, 0) is 21.4 Å². The van der Waals surface area contributed by atoms with Crippen molar-refractivity contribution in [2.24, 2.45) is 5.73 Å². The number of hydrogen-bond acceptors (Lipinski definition) is 5. The van der Waals surface area contributed by atoms with E-state index < -0.39 is 10.0 Å². The van der Waals surface area contributed by atoms with E-state index in [0.717, 1.165) is 5.56 Å². The fourth-order valence-corrected chi connectivity index (χ4v) is 3.33. The molecule has 0 aliphatic heterocycles. The number of rotatable bonds is 8. The molecule has 0 aromatic heterocycles. The number of anilines is 1. The zero-order valence-electron chi connectivity index (χ0n) is 14.7. The molecule has 7 nitrogen and oxygen atoms in total. The van der Waals surface area contributed by atoms with Gasteiger partial charge in [0.15, 0.2) is 0 Å². The second-order valence-electron chi connectivity index (χ2n) is 5.94. The summed E-state index contributed by atoms with van der Waals surface area (Å²) in [5.41, 5.74) is 6.78. The van der Waals surface area contributed by atoms with Gasteiger partial charge in [0.1, 0.15) is 5.75 Å². The van der Waals surface area contributed by atoms with E-state index in [2.05, 4.69) is 10.0 Å². The van der Waals surface area contributed by atoms with Crippen LogP contribution in [-0.4, -0.2) is 27.5 Å². The Morgan fingerprint density at radius 3 is 2.50 bits per heavy atom. The van der Waals surface area contributed by atoms with Crippen molar-refractivity contribution in [3.8, 4) is 5.75 Å². The SMILES string of the molecule is COc1ccc(S(=O)(=O)Nc2cccc(CNC(=O)CC(C)N)c2)cc1. The third kappa shape index (κ3) is 5.75. The van der Waals surface area contributed by atoms with Gasteiger partial charge in [-0.2, -0.15) is 0 Å². The van der Waals surface area contributed by atoms with E-state index in [1.165, 1.54) is 19.2 Å². The minimum Gasteiger partial charge on any atom is -0.497 e. The largest absolute Gasteiger partial charge is 0.497 e. The molecule has 0 aliphatic rings. The maximum Gasteiger partial charge on any atom is 0.261 e. The fourth-order valence-electron chi connectivity index (χ4n) is 2.28. The van der Waals surface area contributed by atoms with Crippen LogP contribution < -0.4 is 20.5 Å². The molecule has 0 saturated heterocycles. The van der Waals surface area contributed by atoms with Gasteiger partial charge < -0.3 is 15.8 Å². The number of carbonyl (C=O) groups is 1. The first kappa shape index (κ1) is 19.7. The molecule has 0 fully saturated rings. The molecule has 1 amide bonds. The van der Waals surface area contributed by atoms with Crippen molar-refractivity contribution in [2.45, 2.75) is 30.8 Å². The van der Waals surface area contributed by atoms with Crippen molar-refractivity contribution in [2.75, 3.05) is 11.8 Å². The number of benzene rings is 2. The Morgan fingerprint density at radius 2 is 1.88 bits per heavy atom. The summed E-state index contributed by atoms with van der Waals surface area (Å²) in [6.45, 7) is 2.05. The lowest BCUT2D eigenvalue weighted by Crippen LogP contribution is -2.29. The highest BCUT2D eigenvalue weighted by molar-refractivity contribution is 7.92. The molecule has 2 rings (SSSR count). The van der Waals surface area contributed by atoms with Crippen molar-refractivity contribution in [1.82, 2.24) is 5.32 Å². The van der Waals surface area contributed by atoms with Gasteiger partial charge in [-0.3, -0.25) is 9.52 Å². The first-order valence-electron chi connectivity index (χ1n) is 8.08. The van der Waals surface area contributed by atoms with Crippen LogP contribution in [0.3, 0.4) is 0 Å². The first-order valence-corrected chi connectivity index (χ1v) is 9.56. The van der Waals surface area contributed by atoms with Gasteiger partial charge in [0, 0.05) is 24.7 Å². The molecule has 1 atom stereocenters. The normalized spacial score (nSPS) is 12.3. The van der Waals surface area contributed by atoms with Gasteiger partial charge in [-0.25, -0.2) is 8.42 Å². The molecule has 0 heterocycles. The van der Waals surface area contributed by atoms with Crippen LogP contribution >= 0.6 is 0 Å². The van der Waals surface area contributed by atoms with Crippen molar-refractivity contribution in [3.63, 3.8) is 0 Å². The molecule has 26 heavy (non-hydrogen) atoms. The monoisotopic (exact) mass is 377 g/mol. The summed E-state index contributed by atoms with van der Waals surface area (Å²) in [5.74, 6) is 0.428. The molecule has 2 aromatic carbocycles. The zero-order chi connectivity index (χ0) is 19.2. The summed E-state index contributed by atoms with van der Waals surface area (Å²) in [4.78, 5) is 11.8. The summed E-state index contributed by atoms with van der Waals surface area (Å²) < 4.78 is 32.5. The van der Waals surface area contributed by atoms with Gasteiger partial charge in [-0.15, -0.1) is 0 Å². The van der Waals surface area contributed by atoms with Gasteiger partial charge in [-0.05, 0) is 48.9 Å². The summed E-state index contributed by atoms with van der Waals surface area (Å²) in [6, 6.07) is 12.7. The Balaban J connectivity index is 2.05. The molecule has 0 saturated carbocycles. The predicted molar refractivity (Wildman–Crippen MR) is 100 cm³/mol. The van der Waals surface area contributed by atoms with Crippen molar-refractivity contribution in [1.29, 1.82) is 0 Å². The molecule has 2 aromatic rings. The second-order valence-corrected chi connectivity index (χ2v) is 7.62. The number of amides is 1. The third-order valence-corrected chi connectivity index (χ3v) is 4.94. The molecule has 4 N–H and O–H groups in total. The lowest BCUT2D eigenvalue weighted by molar-refractivity contribution is -0.121. The average molecular weight is 377 g/mol. The lowest BCUT2D eigenvalue weighted by Gasteiger charge is -2.11. The number of nitrogens with two attached hydrogens (primary N) is 1. The number of nitrogens with one attached hydrogen (secondary N) is 2. The van der Waals surface area contributed by atoms with E-state index in [-0.39, 0.29) is 23.3 Å². The third-order valence-electron chi connectivity index (χ3n) is 3.55. The van der Waals surface area contributed by atoms with Crippen LogP contribution in [0.25, 0.3) is 0 Å². The highest BCUT2D eigenvalue weighted by Gasteiger charge is 2.14. The van der Waals surface area contributed by atoms with E-state index in [4.69, 9.17) is 10.5 Å². The van der Waals surface area contributed by atoms with Crippen LogP contribution in [0, 0.1) is 0 Å². The van der Waals surface area contributed by atoms with E-state index in [1.807, 2.05) is 0 Å². The molecule has 0 radical (unpaired) electrons. The Hall–Kier alpha value is -2.58. The molecule has 8 heteroatoms. The van der Waals surface area contributed by atoms with Crippen LogP contribution in [0.1, 0.15) is 18.9 Å². The van der Waals surface area contributed by atoms with E-state index >= 15 is 0 Å². The summed E-state index contributed by atoms with van der Waals surface area (Å²) in [7, 11) is -2.20. The average Bonchev–Trinajstić information content (AvgIpc) is 2.59. The minimum atomic E-state index is -3.71. The van der Waals surface area contributed by atoms with Crippen molar-refractivity contribution < 1.29 is 17.9 Å². The van der Waals surface area contributed by atoms with Crippen LogP contribution in [0.5, 0.6) is 5.75 Å². The summed E-state index contributed by atoms with van der Waals surface area (Å²) in [6.07, 6.45) is 0.240. The van der Waals surface area contributed by atoms with Gasteiger partial charge in [0.05, 0.1) is 12.0 Å². The van der Waals surface area contributed by atoms with E-state index in [1.54, 1.807) is 43.3 Å². The quantitative estimate of drug-likeness (QED) is 0.650. The molecule has 140 valence electrons. The Kier molecular flexibility index (Phi) is 6.59. The minimum absolute atomic E-state index is 0.133. The van der Waals surface area contributed by atoms with Crippen molar-refractivity contribution in [3.05, 3.63) is 54.1 Å². The topological polar surface area (TPSA) is 111 Å². The first-order chi connectivity index (χ1) is 12.3. The maximum absolute atomic E-state index is 12.5. The molecule has 0 bridgehead atoms. The standard InChI is InChI=1S/C18H23N3O4S/c1-13(19)10-18(22)20-12-14-4-3-5-15(11-14)21-26(23,24)17-8-6-16(25-2)7-9-17/h3-9,11,13,21H,10,12,19H2,1-2H3,(H,20,22). The second kappa shape index (κ2) is 8.68. The summed E-state index contributed by atoms with van der Waals surface area (Å²) in [5, 5.41) is 2.75. The molecule has 0 spiro atoms.